The Kier molecular flexibility index (Phi) is 15.0. The maximum atomic E-state index is 13.6. The number of carbonyl (C=O) groups is 3. The first-order valence-electron chi connectivity index (χ1n) is 14.9. The number of H-pyrrole nitrogens is 1. The number of ether oxygens (including phenoxy) is 2. The third-order valence-corrected chi connectivity index (χ3v) is 6.47. The SMILES string of the molecule is C.CC(=O)c1cc(C)nn1Cc1ccccc1F.CCOC(=O)c1cc(C)[nH]n1.CCOC(=O)c1cc(C)n(Cc2ccccc2F)n1. The minimum absolute atomic E-state index is 0. The van der Waals surface area contributed by atoms with Gasteiger partial charge in [0.05, 0.1) is 32.0 Å². The lowest BCUT2D eigenvalue weighted by atomic mass is 10.2. The molecule has 0 saturated carbocycles. The van der Waals surface area contributed by atoms with Crippen LogP contribution >= 0.6 is 0 Å². The number of ketones is 1. The summed E-state index contributed by atoms with van der Waals surface area (Å²) in [6.45, 7) is 11.7. The van der Waals surface area contributed by atoms with Crippen LogP contribution < -0.4 is 0 Å². The Bertz CT molecular complexity index is 1810. The Balaban J connectivity index is 0.000000256. The van der Waals surface area contributed by atoms with E-state index in [4.69, 9.17) is 9.47 Å². The van der Waals surface area contributed by atoms with E-state index >= 15 is 0 Å². The van der Waals surface area contributed by atoms with Crippen molar-refractivity contribution < 1.29 is 32.6 Å². The summed E-state index contributed by atoms with van der Waals surface area (Å²) in [7, 11) is 0. The molecule has 3 aromatic heterocycles. The van der Waals surface area contributed by atoms with Crippen molar-refractivity contribution in [3.05, 3.63) is 124 Å². The van der Waals surface area contributed by atoms with Crippen LogP contribution in [0.1, 0.15) is 87.9 Å². The molecule has 1 N–H and O–H groups in total. The molecule has 0 saturated heterocycles. The second-order valence-corrected chi connectivity index (χ2v) is 10.3. The number of aryl methyl sites for hydroxylation is 3. The van der Waals surface area contributed by atoms with Gasteiger partial charge in [-0.2, -0.15) is 15.3 Å². The number of rotatable bonds is 9. The zero-order valence-electron chi connectivity index (χ0n) is 27.2. The molecule has 3 heterocycles. The number of carbonyl (C=O) groups excluding carboxylic acids is 3. The molecule has 0 spiro atoms. The lowest BCUT2D eigenvalue weighted by Crippen LogP contribution is -2.10. The van der Waals surface area contributed by atoms with Gasteiger partial charge in [-0.15, -0.1) is 0 Å². The average molecular weight is 665 g/mol. The second-order valence-electron chi connectivity index (χ2n) is 10.3. The first kappa shape index (κ1) is 38.7. The van der Waals surface area contributed by atoms with Gasteiger partial charge in [-0.1, -0.05) is 43.8 Å². The van der Waals surface area contributed by atoms with E-state index in [0.717, 1.165) is 17.1 Å². The Labute approximate surface area is 278 Å². The van der Waals surface area contributed by atoms with Crippen molar-refractivity contribution in [2.75, 3.05) is 13.2 Å². The van der Waals surface area contributed by atoms with Crippen LogP contribution in [0.4, 0.5) is 8.78 Å². The molecule has 0 radical (unpaired) electrons. The number of esters is 2. The number of aromatic nitrogens is 6. The van der Waals surface area contributed by atoms with Crippen molar-refractivity contribution in [1.29, 1.82) is 0 Å². The molecule has 0 atom stereocenters. The fourth-order valence-electron chi connectivity index (χ4n) is 4.23. The van der Waals surface area contributed by atoms with Crippen molar-refractivity contribution in [3.8, 4) is 0 Å². The first-order valence-corrected chi connectivity index (χ1v) is 14.9. The molecular formula is C35H42F2N6O5. The van der Waals surface area contributed by atoms with E-state index in [1.165, 1.54) is 23.7 Å². The number of hydrogen-bond donors (Lipinski definition) is 1. The minimum atomic E-state index is -0.460. The van der Waals surface area contributed by atoms with E-state index in [0.29, 0.717) is 35.7 Å². The van der Waals surface area contributed by atoms with Crippen LogP contribution in [-0.2, 0) is 22.6 Å². The Hall–Kier alpha value is -5.46. The normalized spacial score (nSPS) is 10.1. The monoisotopic (exact) mass is 664 g/mol. The summed E-state index contributed by atoms with van der Waals surface area (Å²) in [5, 5.41) is 14.7. The van der Waals surface area contributed by atoms with E-state index in [2.05, 4.69) is 20.4 Å². The summed E-state index contributed by atoms with van der Waals surface area (Å²) in [4.78, 5) is 33.9. The van der Waals surface area contributed by atoms with E-state index < -0.39 is 5.97 Å². The van der Waals surface area contributed by atoms with Crippen LogP contribution in [0.25, 0.3) is 0 Å². The van der Waals surface area contributed by atoms with Gasteiger partial charge in [-0.3, -0.25) is 19.3 Å². The predicted molar refractivity (Wildman–Crippen MR) is 177 cm³/mol. The van der Waals surface area contributed by atoms with Gasteiger partial charge in [0.15, 0.2) is 17.2 Å². The van der Waals surface area contributed by atoms with Crippen molar-refractivity contribution >= 4 is 17.7 Å². The summed E-state index contributed by atoms with van der Waals surface area (Å²) < 4.78 is 39.8. The molecule has 0 bridgehead atoms. The third-order valence-electron chi connectivity index (χ3n) is 6.47. The van der Waals surface area contributed by atoms with Gasteiger partial charge < -0.3 is 9.47 Å². The highest BCUT2D eigenvalue weighted by Crippen LogP contribution is 2.13. The van der Waals surface area contributed by atoms with Crippen LogP contribution in [0, 0.1) is 32.4 Å². The maximum Gasteiger partial charge on any atom is 0.358 e. The van der Waals surface area contributed by atoms with E-state index in [9.17, 15) is 23.2 Å². The zero-order valence-corrected chi connectivity index (χ0v) is 27.2. The number of Topliss-reactive ketones (excluding diaryl/α,β-unsaturated/α-hetero) is 1. The van der Waals surface area contributed by atoms with E-state index in [1.54, 1.807) is 73.1 Å². The largest absolute Gasteiger partial charge is 0.461 e. The van der Waals surface area contributed by atoms with Gasteiger partial charge in [0, 0.05) is 29.4 Å². The summed E-state index contributed by atoms with van der Waals surface area (Å²) >= 11 is 0. The quantitative estimate of drug-likeness (QED) is 0.136. The van der Waals surface area contributed by atoms with Gasteiger partial charge in [0.25, 0.3) is 0 Å². The van der Waals surface area contributed by atoms with Crippen LogP contribution in [0.5, 0.6) is 0 Å². The molecule has 256 valence electrons. The first-order chi connectivity index (χ1) is 22.4. The van der Waals surface area contributed by atoms with Gasteiger partial charge >= 0.3 is 11.9 Å². The van der Waals surface area contributed by atoms with Crippen molar-refractivity contribution in [3.63, 3.8) is 0 Å². The molecule has 13 heteroatoms. The molecule has 2 aromatic carbocycles. The smallest absolute Gasteiger partial charge is 0.358 e. The van der Waals surface area contributed by atoms with E-state index in [-0.39, 0.29) is 49.6 Å². The molecule has 5 aromatic rings. The fourth-order valence-corrected chi connectivity index (χ4v) is 4.23. The van der Waals surface area contributed by atoms with Crippen LogP contribution in [0.3, 0.4) is 0 Å². The Morgan fingerprint density at radius 3 is 1.75 bits per heavy atom. The Morgan fingerprint density at radius 2 is 1.27 bits per heavy atom. The number of nitrogens with zero attached hydrogens (tertiary/aromatic N) is 5. The van der Waals surface area contributed by atoms with Gasteiger partial charge in [-0.05, 0) is 65.0 Å². The highest BCUT2D eigenvalue weighted by molar-refractivity contribution is 5.92. The average Bonchev–Trinajstić information content (AvgIpc) is 3.74. The van der Waals surface area contributed by atoms with Gasteiger partial charge in [-0.25, -0.2) is 18.4 Å². The molecular weight excluding hydrogens is 622 g/mol. The minimum Gasteiger partial charge on any atom is -0.461 e. The second kappa shape index (κ2) is 18.6. The summed E-state index contributed by atoms with van der Waals surface area (Å²) in [5.74, 6) is -1.47. The summed E-state index contributed by atoms with van der Waals surface area (Å²) in [6.07, 6.45) is 0. The molecule has 0 unspecified atom stereocenters. The topological polar surface area (TPSA) is 134 Å². The highest BCUT2D eigenvalue weighted by Gasteiger charge is 2.14. The van der Waals surface area contributed by atoms with Crippen molar-refractivity contribution in [2.45, 2.75) is 62.1 Å². The number of halogens is 2. The molecule has 48 heavy (non-hydrogen) atoms. The maximum absolute atomic E-state index is 13.6. The fraction of sp³-hybridized carbons (Fsp3) is 0.314. The number of benzene rings is 2. The van der Waals surface area contributed by atoms with Gasteiger partial charge in [0.1, 0.15) is 17.3 Å². The lowest BCUT2D eigenvalue weighted by molar-refractivity contribution is 0.0509. The molecule has 0 aliphatic carbocycles. The van der Waals surface area contributed by atoms with Gasteiger partial charge in [0.2, 0.25) is 0 Å². The van der Waals surface area contributed by atoms with Crippen molar-refractivity contribution in [1.82, 2.24) is 29.8 Å². The lowest BCUT2D eigenvalue weighted by Gasteiger charge is -2.06. The van der Waals surface area contributed by atoms with Crippen LogP contribution in [-0.4, -0.2) is 60.7 Å². The molecule has 0 fully saturated rings. The number of nitrogens with one attached hydrogen (secondary N) is 1. The third kappa shape index (κ3) is 11.1. The summed E-state index contributed by atoms with van der Waals surface area (Å²) in [6, 6.07) is 18.0. The molecule has 0 aliphatic rings. The van der Waals surface area contributed by atoms with Crippen molar-refractivity contribution in [2.24, 2.45) is 0 Å². The van der Waals surface area contributed by atoms with Crippen LogP contribution in [0.2, 0.25) is 0 Å². The summed E-state index contributed by atoms with van der Waals surface area (Å²) in [5.41, 5.74) is 4.54. The zero-order chi connectivity index (χ0) is 34.5. The van der Waals surface area contributed by atoms with Crippen LogP contribution in [0.15, 0.2) is 66.7 Å². The molecule has 0 aliphatic heterocycles. The molecule has 0 amide bonds. The predicted octanol–water partition coefficient (Wildman–Crippen LogP) is 6.67. The molecule has 5 rings (SSSR count). The van der Waals surface area contributed by atoms with E-state index in [1.807, 2.05) is 20.8 Å². The molecule has 11 nitrogen and oxygen atoms in total. The standard InChI is InChI=1S/C14H15FN2O2.C13H13FN2O.C7H10N2O2.CH4/c1-3-19-14(18)13-8-10(2)17(16-13)9-11-6-4-5-7-12(11)15;1-9-7-13(10(2)17)16(15-9)8-11-5-3-4-6-12(11)14;1-3-11-7(10)6-4-5(2)8-9-6;/h4-8H,3,9H2,1-2H3;3-7H,8H2,1-2H3;4H,3H2,1-2H3,(H,8,9);1H4. The Morgan fingerprint density at radius 1 is 0.750 bits per heavy atom. The highest BCUT2D eigenvalue weighted by atomic mass is 19.1. The number of hydrogen-bond acceptors (Lipinski definition) is 8. The number of aromatic amines is 1.